The summed E-state index contributed by atoms with van der Waals surface area (Å²) in [6.07, 6.45) is 7.39. The number of allylic oxidation sites excluding steroid dienone is 1. The van der Waals surface area contributed by atoms with Crippen LogP contribution in [-0.4, -0.2) is 15.0 Å². The fraction of sp³-hybridized carbons (Fsp3) is 0.0556. The lowest BCUT2D eigenvalue weighted by molar-refractivity contribution is 0.713. The van der Waals surface area contributed by atoms with Crippen LogP contribution in [0.4, 0.5) is 0 Å². The van der Waals surface area contributed by atoms with Gasteiger partial charge in [-0.1, -0.05) is 159 Å². The van der Waals surface area contributed by atoms with E-state index in [0.717, 1.165) is 51.3 Å². The van der Waals surface area contributed by atoms with Crippen molar-refractivity contribution < 1.29 is 0 Å². The van der Waals surface area contributed by atoms with E-state index >= 15 is 0 Å². The van der Waals surface area contributed by atoms with E-state index in [0.29, 0.717) is 11.7 Å². The van der Waals surface area contributed by atoms with Crippen LogP contribution in [-0.2, 0) is 6.42 Å². The van der Waals surface area contributed by atoms with E-state index in [1.165, 1.54) is 59.8 Å². The van der Waals surface area contributed by atoms with Gasteiger partial charge < -0.3 is 0 Å². The fourth-order valence-corrected chi connectivity index (χ4v) is 8.72. The van der Waals surface area contributed by atoms with Crippen molar-refractivity contribution in [2.24, 2.45) is 5.92 Å². The van der Waals surface area contributed by atoms with Crippen molar-refractivity contribution in [3.05, 3.63) is 193 Å². The fourth-order valence-electron chi connectivity index (χ4n) is 8.72. The van der Waals surface area contributed by atoms with Gasteiger partial charge in [0.05, 0.1) is 17.1 Å². The maximum Gasteiger partial charge on any atom is 0.160 e. The van der Waals surface area contributed by atoms with Gasteiger partial charge in [0.25, 0.3) is 0 Å². The van der Waals surface area contributed by atoms with Crippen molar-refractivity contribution in [3.63, 3.8) is 0 Å². The highest BCUT2D eigenvalue weighted by molar-refractivity contribution is 6.15. The molecule has 1 aliphatic rings. The third kappa shape index (κ3) is 5.87. The third-order valence-electron chi connectivity index (χ3n) is 11.6. The van der Waals surface area contributed by atoms with Crippen molar-refractivity contribution in [2.45, 2.75) is 13.3 Å². The minimum Gasteiger partial charge on any atom is -0.256 e. The Hall–Kier alpha value is -7.23. The SMILES string of the molecule is CC1C=Cc2ncc(-c3ccc(-c4nc(-c5ccc(-c6cc7ccccc7c7ccccc67)cc5)cc(-c5cc6ccccc6c6ccccc56)n4)cc3)cc2C1. The Morgan fingerprint density at radius 1 is 0.439 bits per heavy atom. The van der Waals surface area contributed by atoms with Crippen molar-refractivity contribution in [1.82, 2.24) is 15.0 Å². The number of aromatic nitrogens is 3. The molecule has 0 saturated heterocycles. The molecule has 0 radical (unpaired) electrons. The Labute approximate surface area is 331 Å². The van der Waals surface area contributed by atoms with Crippen LogP contribution < -0.4 is 0 Å². The molecule has 3 nitrogen and oxygen atoms in total. The predicted octanol–water partition coefficient (Wildman–Crippen LogP) is 14.0. The maximum absolute atomic E-state index is 5.32. The predicted molar refractivity (Wildman–Crippen MR) is 239 cm³/mol. The van der Waals surface area contributed by atoms with Crippen LogP contribution >= 0.6 is 0 Å². The van der Waals surface area contributed by atoms with Crippen LogP contribution in [0.25, 0.3) is 105 Å². The average molecular weight is 728 g/mol. The van der Waals surface area contributed by atoms with Gasteiger partial charge in [0, 0.05) is 28.5 Å². The molecule has 1 aliphatic carbocycles. The number of fused-ring (bicyclic) bond motifs is 7. The quantitative estimate of drug-likeness (QED) is 0.166. The van der Waals surface area contributed by atoms with Crippen LogP contribution in [0.2, 0.25) is 0 Å². The molecule has 2 aromatic heterocycles. The largest absolute Gasteiger partial charge is 0.256 e. The number of hydrogen-bond acceptors (Lipinski definition) is 3. The first-order valence-electron chi connectivity index (χ1n) is 19.7. The molecule has 3 heteroatoms. The van der Waals surface area contributed by atoms with Gasteiger partial charge in [-0.3, -0.25) is 4.98 Å². The highest BCUT2D eigenvalue weighted by Crippen LogP contribution is 2.39. The first-order chi connectivity index (χ1) is 28.1. The van der Waals surface area contributed by atoms with Gasteiger partial charge in [-0.05, 0) is 108 Å². The Morgan fingerprint density at radius 2 is 0.965 bits per heavy atom. The Bertz CT molecular complexity index is 3210. The molecule has 2 heterocycles. The molecule has 1 unspecified atom stereocenters. The van der Waals surface area contributed by atoms with Gasteiger partial charge >= 0.3 is 0 Å². The topological polar surface area (TPSA) is 38.7 Å². The number of rotatable bonds is 5. The summed E-state index contributed by atoms with van der Waals surface area (Å²) in [5, 5.41) is 9.84. The molecule has 57 heavy (non-hydrogen) atoms. The minimum absolute atomic E-state index is 0.519. The minimum atomic E-state index is 0.519. The summed E-state index contributed by atoms with van der Waals surface area (Å²) in [4.78, 5) is 15.4. The van der Waals surface area contributed by atoms with Crippen molar-refractivity contribution in [2.75, 3.05) is 0 Å². The van der Waals surface area contributed by atoms with E-state index in [1.807, 2.05) is 6.20 Å². The van der Waals surface area contributed by atoms with Gasteiger partial charge in [-0.25, -0.2) is 9.97 Å². The van der Waals surface area contributed by atoms with Gasteiger partial charge in [-0.15, -0.1) is 0 Å². The molecule has 0 spiro atoms. The summed E-state index contributed by atoms with van der Waals surface area (Å²) in [6.45, 7) is 2.25. The van der Waals surface area contributed by atoms with E-state index < -0.39 is 0 Å². The van der Waals surface area contributed by atoms with Gasteiger partial charge in [0.1, 0.15) is 0 Å². The molecule has 0 bridgehead atoms. The van der Waals surface area contributed by atoms with Gasteiger partial charge in [0.15, 0.2) is 5.82 Å². The number of pyridine rings is 1. The number of nitrogens with zero attached hydrogens (tertiary/aromatic N) is 3. The van der Waals surface area contributed by atoms with Crippen LogP contribution in [0.15, 0.2) is 182 Å². The Balaban J connectivity index is 1.04. The standard InChI is InChI=1S/C54H37N3/c1-34-18-27-51-41(28-34)29-42(33-55-51)35-19-25-38(26-20-35)54-56-52(32-53(57-54)50-31-40-11-3-5-13-44(40)46-15-7-9-17-48(46)50)37-23-21-36(22-24-37)49-30-39-10-2-4-12-43(39)45-14-6-8-16-47(45)49/h2-27,29-34H,28H2,1H3. The molecule has 0 fully saturated rings. The highest BCUT2D eigenvalue weighted by Gasteiger charge is 2.17. The Kier molecular flexibility index (Phi) is 7.85. The van der Waals surface area contributed by atoms with Gasteiger partial charge in [0.2, 0.25) is 0 Å². The van der Waals surface area contributed by atoms with Gasteiger partial charge in [-0.2, -0.15) is 0 Å². The molecule has 10 aromatic rings. The summed E-state index contributed by atoms with van der Waals surface area (Å²) in [6, 6.07) is 61.2. The van der Waals surface area contributed by atoms with Crippen LogP contribution in [0.5, 0.6) is 0 Å². The first kappa shape index (κ1) is 33.1. The molecule has 0 saturated carbocycles. The zero-order chi connectivity index (χ0) is 37.9. The summed E-state index contributed by atoms with van der Waals surface area (Å²) < 4.78 is 0. The first-order valence-corrected chi connectivity index (χ1v) is 19.7. The zero-order valence-electron chi connectivity index (χ0n) is 31.5. The maximum atomic E-state index is 5.32. The second-order valence-corrected chi connectivity index (χ2v) is 15.3. The van der Waals surface area contributed by atoms with Crippen molar-refractivity contribution >= 4 is 49.2 Å². The van der Waals surface area contributed by atoms with E-state index in [1.54, 1.807) is 0 Å². The molecule has 11 rings (SSSR count). The molecular formula is C54H37N3. The van der Waals surface area contributed by atoms with E-state index in [2.05, 4.69) is 189 Å². The normalized spacial score (nSPS) is 13.7. The van der Waals surface area contributed by atoms with Crippen molar-refractivity contribution in [1.29, 1.82) is 0 Å². The lowest BCUT2D eigenvalue weighted by Crippen LogP contribution is -2.05. The number of hydrogen-bond donors (Lipinski definition) is 0. The number of benzene rings is 8. The van der Waals surface area contributed by atoms with E-state index in [9.17, 15) is 0 Å². The lowest BCUT2D eigenvalue weighted by atomic mass is 9.92. The molecule has 0 aliphatic heterocycles. The summed E-state index contributed by atoms with van der Waals surface area (Å²) in [5.74, 6) is 1.21. The molecule has 0 amide bonds. The second kappa shape index (κ2) is 13.5. The molecule has 268 valence electrons. The lowest BCUT2D eigenvalue weighted by Gasteiger charge is -2.16. The summed E-state index contributed by atoms with van der Waals surface area (Å²) in [7, 11) is 0. The molecule has 1 atom stereocenters. The van der Waals surface area contributed by atoms with Crippen molar-refractivity contribution in [3.8, 4) is 56.2 Å². The average Bonchev–Trinajstić information content (AvgIpc) is 3.28. The molecule has 8 aromatic carbocycles. The highest BCUT2D eigenvalue weighted by atomic mass is 14.9. The second-order valence-electron chi connectivity index (χ2n) is 15.3. The monoisotopic (exact) mass is 727 g/mol. The smallest absolute Gasteiger partial charge is 0.160 e. The summed E-state index contributed by atoms with van der Waals surface area (Å²) >= 11 is 0. The van der Waals surface area contributed by atoms with Crippen LogP contribution in [0.1, 0.15) is 18.2 Å². The summed E-state index contributed by atoms with van der Waals surface area (Å²) in [5.41, 5.74) is 11.9. The van der Waals surface area contributed by atoms with E-state index in [-0.39, 0.29) is 0 Å². The van der Waals surface area contributed by atoms with Crippen LogP contribution in [0.3, 0.4) is 0 Å². The third-order valence-corrected chi connectivity index (χ3v) is 11.6. The van der Waals surface area contributed by atoms with Crippen LogP contribution in [0, 0.1) is 5.92 Å². The zero-order valence-corrected chi connectivity index (χ0v) is 31.5. The molecular weight excluding hydrogens is 691 g/mol. The van der Waals surface area contributed by atoms with E-state index in [4.69, 9.17) is 15.0 Å². The molecule has 0 N–H and O–H groups in total. The Morgan fingerprint density at radius 3 is 1.65 bits per heavy atom.